The first kappa shape index (κ1) is 15.2. The first-order valence-electron chi connectivity index (χ1n) is 7.64. The van der Waals surface area contributed by atoms with Gasteiger partial charge in [-0.1, -0.05) is 0 Å². The third kappa shape index (κ3) is 3.23. The Morgan fingerprint density at radius 2 is 2.04 bits per heavy atom. The average molecular weight is 313 g/mol. The van der Waals surface area contributed by atoms with Crippen LogP contribution in [0.1, 0.15) is 45.3 Å². The Hall–Kier alpha value is -2.70. The Balaban J connectivity index is 1.62. The first-order valence-corrected chi connectivity index (χ1v) is 7.64. The molecule has 0 aromatic carbocycles. The third-order valence-electron chi connectivity index (χ3n) is 4.21. The van der Waals surface area contributed by atoms with Crippen LogP contribution in [0, 0.1) is 0 Å². The van der Waals surface area contributed by atoms with E-state index >= 15 is 0 Å². The van der Waals surface area contributed by atoms with Crippen molar-refractivity contribution in [2.75, 3.05) is 20.1 Å². The number of aromatic nitrogens is 3. The molecule has 2 amide bonds. The number of carbonyl (C=O) groups is 2. The highest BCUT2D eigenvalue weighted by Gasteiger charge is 2.25. The molecule has 1 aliphatic rings. The van der Waals surface area contributed by atoms with E-state index < -0.39 is 0 Å². The number of amides is 2. The van der Waals surface area contributed by atoms with E-state index in [0.717, 1.165) is 18.5 Å². The molecule has 0 aliphatic carbocycles. The number of nitrogens with zero attached hydrogens (tertiary/aromatic N) is 3. The van der Waals surface area contributed by atoms with Gasteiger partial charge in [-0.3, -0.25) is 14.6 Å². The normalized spacial score (nSPS) is 15.4. The summed E-state index contributed by atoms with van der Waals surface area (Å²) in [5.41, 5.74) is 1.95. The highest BCUT2D eigenvalue weighted by molar-refractivity contribution is 5.96. The minimum Gasteiger partial charge on any atom is -0.354 e. The molecule has 0 atom stereocenters. The van der Waals surface area contributed by atoms with Gasteiger partial charge in [0.15, 0.2) is 0 Å². The van der Waals surface area contributed by atoms with Gasteiger partial charge >= 0.3 is 0 Å². The van der Waals surface area contributed by atoms with Gasteiger partial charge in [-0.15, -0.1) is 0 Å². The van der Waals surface area contributed by atoms with Crippen molar-refractivity contribution in [3.8, 4) is 0 Å². The van der Waals surface area contributed by atoms with Crippen LogP contribution in [0.2, 0.25) is 0 Å². The molecule has 2 N–H and O–H groups in total. The summed E-state index contributed by atoms with van der Waals surface area (Å²) in [7, 11) is 1.55. The molecule has 3 rings (SSSR count). The fraction of sp³-hybridized carbons (Fsp3) is 0.375. The zero-order valence-electron chi connectivity index (χ0n) is 13.0. The second-order valence-corrected chi connectivity index (χ2v) is 5.58. The van der Waals surface area contributed by atoms with Gasteiger partial charge in [0.1, 0.15) is 5.69 Å². The average Bonchev–Trinajstić information content (AvgIpc) is 3.15. The van der Waals surface area contributed by atoms with Crippen molar-refractivity contribution in [1.29, 1.82) is 0 Å². The maximum atomic E-state index is 12.5. The summed E-state index contributed by atoms with van der Waals surface area (Å²) in [4.78, 5) is 37.1. The minimum absolute atomic E-state index is 0.0379. The Bertz CT molecular complexity index is 673. The van der Waals surface area contributed by atoms with Crippen molar-refractivity contribution >= 4 is 11.8 Å². The molecule has 3 heterocycles. The summed E-state index contributed by atoms with van der Waals surface area (Å²) in [6.07, 6.45) is 6.83. The number of rotatable bonds is 3. The second kappa shape index (κ2) is 6.60. The molecule has 1 aliphatic heterocycles. The number of nitrogens with one attached hydrogen (secondary N) is 2. The largest absolute Gasteiger partial charge is 0.354 e. The van der Waals surface area contributed by atoms with Gasteiger partial charge in [-0.05, 0) is 25.0 Å². The lowest BCUT2D eigenvalue weighted by Gasteiger charge is -2.31. The number of hydrogen-bond acceptors (Lipinski definition) is 4. The molecule has 1 fully saturated rings. The van der Waals surface area contributed by atoms with Crippen molar-refractivity contribution in [2.24, 2.45) is 0 Å². The van der Waals surface area contributed by atoms with Crippen LogP contribution in [0.4, 0.5) is 0 Å². The third-order valence-corrected chi connectivity index (χ3v) is 4.21. The number of likely N-dealkylation sites (tertiary alicyclic amines) is 1. The highest BCUT2D eigenvalue weighted by atomic mass is 16.2. The fourth-order valence-electron chi connectivity index (χ4n) is 2.85. The first-order chi connectivity index (χ1) is 11.2. The van der Waals surface area contributed by atoms with Crippen LogP contribution in [0.3, 0.4) is 0 Å². The lowest BCUT2D eigenvalue weighted by atomic mass is 9.94. The topological polar surface area (TPSA) is 91.0 Å². The van der Waals surface area contributed by atoms with E-state index in [-0.39, 0.29) is 11.8 Å². The number of piperidine rings is 1. The minimum atomic E-state index is -0.260. The molecule has 7 heteroatoms. The lowest BCUT2D eigenvalue weighted by Crippen LogP contribution is -2.38. The van der Waals surface area contributed by atoms with E-state index in [0.29, 0.717) is 30.3 Å². The van der Waals surface area contributed by atoms with Crippen LogP contribution < -0.4 is 5.32 Å². The molecule has 7 nitrogen and oxygen atoms in total. The number of H-pyrrole nitrogens is 1. The van der Waals surface area contributed by atoms with Crippen molar-refractivity contribution in [3.05, 3.63) is 47.8 Å². The van der Waals surface area contributed by atoms with E-state index in [9.17, 15) is 9.59 Å². The van der Waals surface area contributed by atoms with Crippen molar-refractivity contribution in [3.63, 3.8) is 0 Å². The molecular weight excluding hydrogens is 294 g/mol. The summed E-state index contributed by atoms with van der Waals surface area (Å²) >= 11 is 0. The number of aromatic amines is 1. The zero-order chi connectivity index (χ0) is 16.2. The molecule has 0 bridgehead atoms. The van der Waals surface area contributed by atoms with Gasteiger partial charge in [0.25, 0.3) is 11.8 Å². The molecule has 2 aromatic rings. The number of carbonyl (C=O) groups excluding carboxylic acids is 2. The van der Waals surface area contributed by atoms with Crippen LogP contribution in [0.15, 0.2) is 30.9 Å². The summed E-state index contributed by atoms with van der Waals surface area (Å²) in [5.74, 6) is 0.128. The smallest absolute Gasteiger partial charge is 0.269 e. The van der Waals surface area contributed by atoms with Gasteiger partial charge in [0.05, 0.1) is 11.9 Å². The zero-order valence-corrected chi connectivity index (χ0v) is 13.0. The van der Waals surface area contributed by atoms with Crippen molar-refractivity contribution in [1.82, 2.24) is 25.2 Å². The summed E-state index contributed by atoms with van der Waals surface area (Å²) in [6, 6.07) is 3.23. The Labute approximate surface area is 134 Å². The Morgan fingerprint density at radius 1 is 1.26 bits per heavy atom. The Kier molecular flexibility index (Phi) is 4.36. The van der Waals surface area contributed by atoms with Crippen LogP contribution in [-0.2, 0) is 0 Å². The Morgan fingerprint density at radius 3 is 2.61 bits per heavy atom. The van der Waals surface area contributed by atoms with E-state index in [2.05, 4.69) is 20.3 Å². The quantitative estimate of drug-likeness (QED) is 0.890. The van der Waals surface area contributed by atoms with Gasteiger partial charge < -0.3 is 15.2 Å². The summed E-state index contributed by atoms with van der Waals surface area (Å²) in [6.45, 7) is 1.42. The van der Waals surface area contributed by atoms with Crippen LogP contribution in [0.25, 0.3) is 0 Å². The highest BCUT2D eigenvalue weighted by Crippen LogP contribution is 2.26. The molecule has 2 aromatic heterocycles. The maximum absolute atomic E-state index is 12.5. The van der Waals surface area contributed by atoms with E-state index in [4.69, 9.17) is 0 Å². The van der Waals surface area contributed by atoms with Gasteiger partial charge in [-0.25, -0.2) is 4.98 Å². The van der Waals surface area contributed by atoms with Crippen LogP contribution >= 0.6 is 0 Å². The van der Waals surface area contributed by atoms with Gasteiger partial charge in [0.2, 0.25) is 0 Å². The van der Waals surface area contributed by atoms with E-state index in [1.165, 1.54) is 6.20 Å². The molecule has 0 spiro atoms. The van der Waals surface area contributed by atoms with E-state index in [1.54, 1.807) is 25.5 Å². The molecule has 0 radical (unpaired) electrons. The number of pyridine rings is 1. The number of imidazole rings is 1. The van der Waals surface area contributed by atoms with Crippen molar-refractivity contribution in [2.45, 2.75) is 18.8 Å². The molecule has 0 saturated carbocycles. The number of hydrogen-bond donors (Lipinski definition) is 2. The van der Waals surface area contributed by atoms with Crippen molar-refractivity contribution < 1.29 is 9.59 Å². The van der Waals surface area contributed by atoms with Crippen LogP contribution in [-0.4, -0.2) is 51.8 Å². The summed E-state index contributed by atoms with van der Waals surface area (Å²) < 4.78 is 0. The monoisotopic (exact) mass is 313 g/mol. The molecule has 0 unspecified atom stereocenters. The SMILES string of the molecule is CNC(=O)c1ccc(C(=O)N2CCC(c3cnc[nH]3)CC2)cn1. The maximum Gasteiger partial charge on any atom is 0.269 e. The fourth-order valence-corrected chi connectivity index (χ4v) is 2.85. The van der Waals surface area contributed by atoms with Crippen LogP contribution in [0.5, 0.6) is 0 Å². The predicted octanol–water partition coefficient (Wildman–Crippen LogP) is 1.18. The molecular formula is C16H19N5O2. The standard InChI is InChI=1S/C16H19N5O2/c1-17-15(22)13-3-2-12(8-19-13)16(23)21-6-4-11(5-7-21)14-9-18-10-20-14/h2-3,8-11H,4-7H2,1H3,(H,17,22)(H,18,20). The summed E-state index contributed by atoms with van der Waals surface area (Å²) in [5, 5.41) is 2.51. The second-order valence-electron chi connectivity index (χ2n) is 5.58. The van der Waals surface area contributed by atoms with Gasteiger partial charge in [-0.2, -0.15) is 0 Å². The molecule has 1 saturated heterocycles. The predicted molar refractivity (Wildman–Crippen MR) is 84.1 cm³/mol. The molecule has 120 valence electrons. The molecule has 23 heavy (non-hydrogen) atoms. The van der Waals surface area contributed by atoms with E-state index in [1.807, 2.05) is 11.1 Å². The lowest BCUT2D eigenvalue weighted by molar-refractivity contribution is 0.0711. The van der Waals surface area contributed by atoms with Gasteiger partial charge in [0, 0.05) is 44.1 Å².